The van der Waals surface area contributed by atoms with E-state index in [0.717, 1.165) is 22.2 Å². The van der Waals surface area contributed by atoms with Crippen LogP contribution in [0.5, 0.6) is 0 Å². The fraction of sp³-hybridized carbons (Fsp3) is 0.0455. The SMILES string of the molecule is O=C(CN1C(=O)S/C(=C/c2ccc(-c3ccccc3)o2)C1=O)Nc1ccccc1Cl. The Labute approximate surface area is 181 Å². The quantitative estimate of drug-likeness (QED) is 0.548. The maximum Gasteiger partial charge on any atom is 0.294 e. The van der Waals surface area contributed by atoms with Gasteiger partial charge < -0.3 is 9.73 Å². The molecule has 30 heavy (non-hydrogen) atoms. The lowest BCUT2D eigenvalue weighted by molar-refractivity contribution is -0.127. The van der Waals surface area contributed by atoms with Crippen LogP contribution in [0.25, 0.3) is 17.4 Å². The summed E-state index contributed by atoms with van der Waals surface area (Å²) in [6, 6.07) is 19.8. The van der Waals surface area contributed by atoms with E-state index < -0.39 is 23.6 Å². The van der Waals surface area contributed by atoms with Crippen molar-refractivity contribution in [3.05, 3.63) is 82.4 Å². The van der Waals surface area contributed by atoms with Gasteiger partial charge in [-0.1, -0.05) is 54.1 Å². The van der Waals surface area contributed by atoms with Gasteiger partial charge in [-0.15, -0.1) is 0 Å². The molecule has 1 fully saturated rings. The number of benzene rings is 2. The van der Waals surface area contributed by atoms with E-state index in [2.05, 4.69) is 5.32 Å². The molecule has 0 bridgehead atoms. The number of imide groups is 1. The maximum atomic E-state index is 12.6. The predicted octanol–water partition coefficient (Wildman–Crippen LogP) is 5.28. The van der Waals surface area contributed by atoms with E-state index in [1.54, 1.807) is 36.4 Å². The first-order valence-electron chi connectivity index (χ1n) is 8.96. The fourth-order valence-corrected chi connectivity index (χ4v) is 3.85. The van der Waals surface area contributed by atoms with E-state index in [1.165, 1.54) is 6.08 Å². The summed E-state index contributed by atoms with van der Waals surface area (Å²) in [6.07, 6.45) is 1.50. The first kappa shape index (κ1) is 20.0. The monoisotopic (exact) mass is 438 g/mol. The van der Waals surface area contributed by atoms with Gasteiger partial charge in [-0.05, 0) is 36.0 Å². The van der Waals surface area contributed by atoms with Gasteiger partial charge >= 0.3 is 0 Å². The van der Waals surface area contributed by atoms with Gasteiger partial charge in [0.25, 0.3) is 11.1 Å². The van der Waals surface area contributed by atoms with Crippen molar-refractivity contribution in [3.63, 3.8) is 0 Å². The first-order valence-corrected chi connectivity index (χ1v) is 10.2. The fourth-order valence-electron chi connectivity index (χ4n) is 2.85. The van der Waals surface area contributed by atoms with Gasteiger partial charge in [-0.3, -0.25) is 19.3 Å². The predicted molar refractivity (Wildman–Crippen MR) is 117 cm³/mol. The summed E-state index contributed by atoms with van der Waals surface area (Å²) < 4.78 is 5.76. The molecule has 0 saturated carbocycles. The van der Waals surface area contributed by atoms with Gasteiger partial charge in [-0.2, -0.15) is 0 Å². The number of para-hydroxylation sites is 1. The van der Waals surface area contributed by atoms with Crippen LogP contribution in [0.4, 0.5) is 10.5 Å². The number of nitrogens with one attached hydrogen (secondary N) is 1. The molecule has 1 aromatic heterocycles. The molecular weight excluding hydrogens is 424 g/mol. The summed E-state index contributed by atoms with van der Waals surface area (Å²) in [7, 11) is 0. The highest BCUT2D eigenvalue weighted by Gasteiger charge is 2.36. The lowest BCUT2D eigenvalue weighted by Gasteiger charge is -2.13. The summed E-state index contributed by atoms with van der Waals surface area (Å²) >= 11 is 6.78. The second-order valence-electron chi connectivity index (χ2n) is 6.36. The van der Waals surface area contributed by atoms with Crippen LogP contribution in [0, 0.1) is 0 Å². The maximum absolute atomic E-state index is 12.6. The summed E-state index contributed by atoms with van der Waals surface area (Å²) in [5.74, 6) is 0.0352. The minimum atomic E-state index is -0.544. The Hall–Kier alpha value is -3.29. The van der Waals surface area contributed by atoms with Gasteiger partial charge in [0.1, 0.15) is 18.1 Å². The third kappa shape index (κ3) is 4.32. The Balaban J connectivity index is 1.45. The molecule has 1 aliphatic rings. The molecule has 0 spiro atoms. The molecule has 0 radical (unpaired) electrons. The lowest BCUT2D eigenvalue weighted by atomic mass is 10.2. The lowest BCUT2D eigenvalue weighted by Crippen LogP contribution is -2.36. The van der Waals surface area contributed by atoms with E-state index in [4.69, 9.17) is 16.0 Å². The van der Waals surface area contributed by atoms with Crippen molar-refractivity contribution in [3.8, 4) is 11.3 Å². The topological polar surface area (TPSA) is 79.6 Å². The van der Waals surface area contributed by atoms with Crippen LogP contribution in [0.1, 0.15) is 5.76 Å². The molecule has 1 N–H and O–H groups in total. The number of thioether (sulfide) groups is 1. The van der Waals surface area contributed by atoms with Crippen LogP contribution in [0.2, 0.25) is 5.02 Å². The molecule has 1 saturated heterocycles. The minimum absolute atomic E-state index is 0.194. The zero-order valence-electron chi connectivity index (χ0n) is 15.5. The Morgan fingerprint density at radius 2 is 1.77 bits per heavy atom. The van der Waals surface area contributed by atoms with Crippen LogP contribution in [-0.2, 0) is 9.59 Å². The zero-order valence-corrected chi connectivity index (χ0v) is 17.1. The van der Waals surface area contributed by atoms with E-state index in [-0.39, 0.29) is 4.91 Å². The van der Waals surface area contributed by atoms with Crippen molar-refractivity contribution in [2.24, 2.45) is 0 Å². The van der Waals surface area contributed by atoms with Crippen molar-refractivity contribution in [2.75, 3.05) is 11.9 Å². The second kappa shape index (κ2) is 8.61. The Kier molecular flexibility index (Phi) is 5.74. The average molecular weight is 439 g/mol. The van der Waals surface area contributed by atoms with E-state index in [0.29, 0.717) is 22.2 Å². The van der Waals surface area contributed by atoms with E-state index >= 15 is 0 Å². The average Bonchev–Trinajstić information content (AvgIpc) is 3.31. The number of hydrogen-bond donors (Lipinski definition) is 1. The summed E-state index contributed by atoms with van der Waals surface area (Å²) in [4.78, 5) is 38.2. The summed E-state index contributed by atoms with van der Waals surface area (Å²) in [5, 5.41) is 2.45. The Bertz CT molecular complexity index is 1160. The molecule has 2 heterocycles. The van der Waals surface area contributed by atoms with Crippen LogP contribution in [-0.4, -0.2) is 28.5 Å². The number of halogens is 1. The molecular formula is C22H15ClN2O4S. The summed E-state index contributed by atoms with van der Waals surface area (Å²) in [6.45, 7) is -0.402. The molecule has 6 nitrogen and oxygen atoms in total. The standard InChI is InChI=1S/C22H15ClN2O4S/c23-16-8-4-5-9-17(16)24-20(26)13-25-21(27)19(30-22(25)28)12-15-10-11-18(29-15)14-6-2-1-3-7-14/h1-12H,13H2,(H,24,26)/b19-12+. The third-order valence-electron chi connectivity index (χ3n) is 4.28. The molecule has 0 atom stereocenters. The summed E-state index contributed by atoms with van der Waals surface area (Å²) in [5.41, 5.74) is 1.32. The Morgan fingerprint density at radius 3 is 2.53 bits per heavy atom. The van der Waals surface area contributed by atoms with Crippen molar-refractivity contribution in [1.82, 2.24) is 4.90 Å². The highest BCUT2D eigenvalue weighted by Crippen LogP contribution is 2.33. The molecule has 4 rings (SSSR count). The molecule has 2 aromatic carbocycles. The van der Waals surface area contributed by atoms with Gasteiger partial charge in [0.2, 0.25) is 5.91 Å². The number of carbonyl (C=O) groups excluding carboxylic acids is 3. The van der Waals surface area contributed by atoms with Gasteiger partial charge in [0.15, 0.2) is 0 Å². The highest BCUT2D eigenvalue weighted by atomic mass is 35.5. The molecule has 3 aromatic rings. The second-order valence-corrected chi connectivity index (χ2v) is 7.76. The largest absolute Gasteiger partial charge is 0.457 e. The van der Waals surface area contributed by atoms with E-state index in [1.807, 2.05) is 30.3 Å². The van der Waals surface area contributed by atoms with Crippen LogP contribution in [0.15, 0.2) is 76.1 Å². The smallest absolute Gasteiger partial charge is 0.294 e. The number of furan rings is 1. The van der Waals surface area contributed by atoms with Crippen molar-refractivity contribution in [1.29, 1.82) is 0 Å². The number of hydrogen-bond acceptors (Lipinski definition) is 5. The molecule has 0 aliphatic carbocycles. The van der Waals surface area contributed by atoms with Crippen molar-refractivity contribution >= 4 is 52.2 Å². The molecule has 0 unspecified atom stereocenters. The van der Waals surface area contributed by atoms with Gasteiger partial charge in [0, 0.05) is 11.6 Å². The van der Waals surface area contributed by atoms with Gasteiger partial charge in [0.05, 0.1) is 15.6 Å². The highest BCUT2D eigenvalue weighted by molar-refractivity contribution is 8.18. The Morgan fingerprint density at radius 1 is 1.03 bits per heavy atom. The van der Waals surface area contributed by atoms with Crippen LogP contribution in [0.3, 0.4) is 0 Å². The zero-order chi connectivity index (χ0) is 21.1. The number of anilines is 1. The van der Waals surface area contributed by atoms with Crippen LogP contribution < -0.4 is 5.32 Å². The number of amides is 3. The molecule has 150 valence electrons. The first-order chi connectivity index (χ1) is 14.5. The van der Waals surface area contributed by atoms with Crippen molar-refractivity contribution < 1.29 is 18.8 Å². The number of carbonyl (C=O) groups is 3. The normalized spacial score (nSPS) is 15.1. The molecule has 1 aliphatic heterocycles. The molecule has 8 heteroatoms. The molecule has 3 amide bonds. The van der Waals surface area contributed by atoms with Gasteiger partial charge in [-0.25, -0.2) is 0 Å². The minimum Gasteiger partial charge on any atom is -0.457 e. The van der Waals surface area contributed by atoms with E-state index in [9.17, 15) is 14.4 Å². The van der Waals surface area contributed by atoms with Crippen molar-refractivity contribution in [2.45, 2.75) is 0 Å². The third-order valence-corrected chi connectivity index (χ3v) is 5.52. The van der Waals surface area contributed by atoms with Crippen LogP contribution >= 0.6 is 23.4 Å². The number of rotatable bonds is 5. The number of nitrogens with zero attached hydrogens (tertiary/aromatic N) is 1.